The standard InChI is InChI=1S/C10H6Br2N2O2S/c1-16-10(15)7-4-17-9(14-7)8-6(12)2-5(11)3-13-8/h2-4H,1H3. The van der Waals surface area contributed by atoms with Crippen molar-refractivity contribution in [3.05, 3.63) is 32.3 Å². The summed E-state index contributed by atoms with van der Waals surface area (Å²) in [7, 11) is 1.33. The molecule has 0 unspecified atom stereocenters. The zero-order valence-electron chi connectivity index (χ0n) is 8.61. The number of esters is 1. The summed E-state index contributed by atoms with van der Waals surface area (Å²) in [6, 6.07) is 1.88. The number of hydrogen-bond acceptors (Lipinski definition) is 5. The number of nitrogens with zero attached hydrogens (tertiary/aromatic N) is 2. The Kier molecular flexibility index (Phi) is 3.90. The molecular formula is C10H6Br2N2O2S. The molecule has 0 radical (unpaired) electrons. The lowest BCUT2D eigenvalue weighted by atomic mass is 10.3. The first-order valence-electron chi connectivity index (χ1n) is 4.47. The second-order valence-electron chi connectivity index (χ2n) is 3.01. The molecular weight excluding hydrogens is 372 g/mol. The van der Waals surface area contributed by atoms with Crippen LogP contribution in [0.3, 0.4) is 0 Å². The molecule has 2 rings (SSSR count). The van der Waals surface area contributed by atoms with Crippen LogP contribution >= 0.6 is 43.2 Å². The summed E-state index contributed by atoms with van der Waals surface area (Å²) in [4.78, 5) is 19.7. The summed E-state index contributed by atoms with van der Waals surface area (Å²) in [6.07, 6.45) is 1.68. The number of aromatic nitrogens is 2. The zero-order valence-corrected chi connectivity index (χ0v) is 12.6. The van der Waals surface area contributed by atoms with Gasteiger partial charge in [-0.2, -0.15) is 0 Å². The topological polar surface area (TPSA) is 52.1 Å². The van der Waals surface area contributed by atoms with E-state index in [4.69, 9.17) is 0 Å². The van der Waals surface area contributed by atoms with Crippen molar-refractivity contribution in [1.82, 2.24) is 9.97 Å². The van der Waals surface area contributed by atoms with Gasteiger partial charge in [0.2, 0.25) is 0 Å². The highest BCUT2D eigenvalue weighted by atomic mass is 79.9. The molecule has 0 saturated carbocycles. The van der Waals surface area contributed by atoms with Crippen LogP contribution in [0.25, 0.3) is 10.7 Å². The second kappa shape index (κ2) is 5.24. The largest absolute Gasteiger partial charge is 0.464 e. The number of carbonyl (C=O) groups is 1. The molecule has 0 bridgehead atoms. The lowest BCUT2D eigenvalue weighted by Crippen LogP contribution is -2.01. The van der Waals surface area contributed by atoms with Crippen LogP contribution in [-0.2, 0) is 4.74 Å². The first-order valence-corrected chi connectivity index (χ1v) is 6.93. The monoisotopic (exact) mass is 376 g/mol. The minimum absolute atomic E-state index is 0.295. The highest BCUT2D eigenvalue weighted by Crippen LogP contribution is 2.30. The van der Waals surface area contributed by atoms with Crippen molar-refractivity contribution in [2.75, 3.05) is 7.11 Å². The third-order valence-corrected chi connectivity index (χ3v) is 3.80. The zero-order chi connectivity index (χ0) is 12.4. The Morgan fingerprint density at radius 1 is 1.47 bits per heavy atom. The molecule has 0 aliphatic heterocycles. The predicted octanol–water partition coefficient (Wildman–Crippen LogP) is 3.52. The van der Waals surface area contributed by atoms with E-state index in [2.05, 4.69) is 46.6 Å². The van der Waals surface area contributed by atoms with E-state index in [1.165, 1.54) is 18.4 Å². The van der Waals surface area contributed by atoms with Crippen molar-refractivity contribution in [1.29, 1.82) is 0 Å². The van der Waals surface area contributed by atoms with Crippen molar-refractivity contribution in [2.24, 2.45) is 0 Å². The lowest BCUT2D eigenvalue weighted by molar-refractivity contribution is 0.0595. The van der Waals surface area contributed by atoms with Gasteiger partial charge >= 0.3 is 5.97 Å². The average Bonchev–Trinajstić information content (AvgIpc) is 2.77. The number of pyridine rings is 1. The molecule has 4 nitrogen and oxygen atoms in total. The minimum Gasteiger partial charge on any atom is -0.464 e. The van der Waals surface area contributed by atoms with Crippen molar-refractivity contribution in [2.45, 2.75) is 0 Å². The van der Waals surface area contributed by atoms with Crippen LogP contribution in [0.4, 0.5) is 0 Å². The van der Waals surface area contributed by atoms with E-state index in [9.17, 15) is 4.79 Å². The van der Waals surface area contributed by atoms with E-state index in [1.807, 2.05) is 6.07 Å². The molecule has 2 aromatic rings. The van der Waals surface area contributed by atoms with Crippen LogP contribution < -0.4 is 0 Å². The van der Waals surface area contributed by atoms with E-state index >= 15 is 0 Å². The van der Waals surface area contributed by atoms with Gasteiger partial charge < -0.3 is 4.74 Å². The summed E-state index contributed by atoms with van der Waals surface area (Å²) in [5, 5.41) is 2.32. The van der Waals surface area contributed by atoms with Gasteiger partial charge in [0.15, 0.2) is 5.69 Å². The molecule has 17 heavy (non-hydrogen) atoms. The van der Waals surface area contributed by atoms with Gasteiger partial charge in [0.1, 0.15) is 10.7 Å². The maximum Gasteiger partial charge on any atom is 0.357 e. The smallest absolute Gasteiger partial charge is 0.357 e. The summed E-state index contributed by atoms with van der Waals surface area (Å²) >= 11 is 8.08. The summed E-state index contributed by atoms with van der Waals surface area (Å²) in [6.45, 7) is 0. The van der Waals surface area contributed by atoms with Crippen molar-refractivity contribution >= 4 is 49.2 Å². The molecule has 7 heteroatoms. The number of methoxy groups -OCH3 is 1. The fourth-order valence-electron chi connectivity index (χ4n) is 1.15. The van der Waals surface area contributed by atoms with E-state index < -0.39 is 5.97 Å². The molecule has 2 heterocycles. The van der Waals surface area contributed by atoms with Gasteiger partial charge in [-0.3, -0.25) is 4.98 Å². The Bertz CT molecular complexity index is 571. The number of halogens is 2. The molecule has 0 atom stereocenters. The summed E-state index contributed by atoms with van der Waals surface area (Å²) in [5.74, 6) is -0.444. The Balaban J connectivity index is 2.40. The van der Waals surface area contributed by atoms with E-state index in [0.29, 0.717) is 16.4 Å². The van der Waals surface area contributed by atoms with E-state index in [-0.39, 0.29) is 0 Å². The van der Waals surface area contributed by atoms with Gasteiger partial charge in [-0.05, 0) is 37.9 Å². The van der Waals surface area contributed by atoms with Gasteiger partial charge in [0.05, 0.1) is 7.11 Å². The van der Waals surface area contributed by atoms with Crippen molar-refractivity contribution in [3.8, 4) is 10.7 Å². The summed E-state index contributed by atoms with van der Waals surface area (Å²) in [5.41, 5.74) is 0.998. The molecule has 0 aliphatic carbocycles. The highest BCUT2D eigenvalue weighted by Gasteiger charge is 2.14. The van der Waals surface area contributed by atoms with Gasteiger partial charge in [0.25, 0.3) is 0 Å². The molecule has 0 aliphatic rings. The highest BCUT2D eigenvalue weighted by molar-refractivity contribution is 9.11. The molecule has 0 fully saturated rings. The minimum atomic E-state index is -0.444. The van der Waals surface area contributed by atoms with Crippen LogP contribution in [0.5, 0.6) is 0 Å². The van der Waals surface area contributed by atoms with Crippen LogP contribution in [-0.4, -0.2) is 23.0 Å². The SMILES string of the molecule is COC(=O)c1csc(-c2ncc(Br)cc2Br)n1. The van der Waals surface area contributed by atoms with Crippen LogP contribution in [0, 0.1) is 0 Å². The third-order valence-electron chi connectivity index (χ3n) is 1.91. The van der Waals surface area contributed by atoms with Crippen LogP contribution in [0.1, 0.15) is 10.5 Å². The molecule has 0 spiro atoms. The normalized spacial score (nSPS) is 10.3. The number of rotatable bonds is 2. The Labute approximate surface area is 118 Å². The molecule has 0 amide bonds. The lowest BCUT2D eigenvalue weighted by Gasteiger charge is -1.99. The van der Waals surface area contributed by atoms with Crippen molar-refractivity contribution < 1.29 is 9.53 Å². The maximum absolute atomic E-state index is 11.3. The van der Waals surface area contributed by atoms with Crippen LogP contribution in [0.2, 0.25) is 0 Å². The average molecular weight is 378 g/mol. The fraction of sp³-hybridized carbons (Fsp3) is 0.100. The van der Waals surface area contributed by atoms with E-state index in [1.54, 1.807) is 11.6 Å². The molecule has 2 aromatic heterocycles. The molecule has 0 N–H and O–H groups in total. The Hall–Kier alpha value is -0.790. The molecule has 88 valence electrons. The van der Waals surface area contributed by atoms with Gasteiger partial charge in [-0.25, -0.2) is 9.78 Å². The maximum atomic E-state index is 11.3. The fourth-order valence-corrected chi connectivity index (χ4v) is 3.26. The molecule has 0 aromatic carbocycles. The van der Waals surface area contributed by atoms with Gasteiger partial charge in [0, 0.05) is 20.5 Å². The van der Waals surface area contributed by atoms with Crippen LogP contribution in [0.15, 0.2) is 26.6 Å². The number of ether oxygens (including phenoxy) is 1. The van der Waals surface area contributed by atoms with E-state index in [0.717, 1.165) is 8.95 Å². The quantitative estimate of drug-likeness (QED) is 0.751. The third kappa shape index (κ3) is 2.72. The summed E-state index contributed by atoms with van der Waals surface area (Å²) < 4.78 is 6.29. The van der Waals surface area contributed by atoms with Crippen molar-refractivity contribution in [3.63, 3.8) is 0 Å². The molecule has 0 saturated heterocycles. The number of thiazole rings is 1. The van der Waals surface area contributed by atoms with Gasteiger partial charge in [-0.15, -0.1) is 11.3 Å². The number of hydrogen-bond donors (Lipinski definition) is 0. The Morgan fingerprint density at radius 3 is 2.88 bits per heavy atom. The van der Waals surface area contributed by atoms with Gasteiger partial charge in [-0.1, -0.05) is 0 Å². The number of carbonyl (C=O) groups excluding carboxylic acids is 1. The predicted molar refractivity (Wildman–Crippen MR) is 72.1 cm³/mol. The first-order chi connectivity index (χ1) is 8.11. The second-order valence-corrected chi connectivity index (χ2v) is 5.64. The first kappa shape index (κ1) is 12.7. The Morgan fingerprint density at radius 2 is 2.24 bits per heavy atom.